The third kappa shape index (κ3) is 7.52. The standard InChI is InChI=1S/C11H20O/c1-4-5-6-7-10(2)8-9-11(3)12/h8-10H,4-7H2,1-3H3/b9-8+. The Balaban J connectivity index is 3.45. The first-order valence-electron chi connectivity index (χ1n) is 4.85. The van der Waals surface area contributed by atoms with E-state index in [0.29, 0.717) is 5.92 Å². The van der Waals surface area contributed by atoms with Crippen LogP contribution in [0.4, 0.5) is 0 Å². The first kappa shape index (κ1) is 11.4. The van der Waals surface area contributed by atoms with Crippen LogP contribution in [0.1, 0.15) is 46.5 Å². The van der Waals surface area contributed by atoms with Gasteiger partial charge in [0.05, 0.1) is 0 Å². The van der Waals surface area contributed by atoms with Crippen molar-refractivity contribution in [1.82, 2.24) is 0 Å². The number of carbonyl (C=O) groups is 1. The highest BCUT2D eigenvalue weighted by atomic mass is 16.1. The van der Waals surface area contributed by atoms with Crippen molar-refractivity contribution in [3.05, 3.63) is 12.2 Å². The Morgan fingerprint density at radius 1 is 1.42 bits per heavy atom. The normalized spacial score (nSPS) is 13.6. The van der Waals surface area contributed by atoms with E-state index in [1.165, 1.54) is 25.7 Å². The van der Waals surface area contributed by atoms with Crippen molar-refractivity contribution in [2.45, 2.75) is 46.5 Å². The fourth-order valence-electron chi connectivity index (χ4n) is 1.11. The van der Waals surface area contributed by atoms with Crippen molar-refractivity contribution in [3.63, 3.8) is 0 Å². The maximum absolute atomic E-state index is 10.6. The van der Waals surface area contributed by atoms with E-state index in [1.807, 2.05) is 6.08 Å². The molecule has 0 aromatic carbocycles. The Labute approximate surface area is 75.9 Å². The van der Waals surface area contributed by atoms with Gasteiger partial charge in [0.1, 0.15) is 0 Å². The molecule has 0 aromatic rings. The lowest BCUT2D eigenvalue weighted by Crippen LogP contribution is -1.91. The van der Waals surface area contributed by atoms with Crippen LogP contribution in [0.15, 0.2) is 12.2 Å². The second-order valence-corrected chi connectivity index (χ2v) is 3.44. The molecule has 0 saturated heterocycles. The minimum absolute atomic E-state index is 0.150. The molecule has 0 saturated carbocycles. The van der Waals surface area contributed by atoms with Gasteiger partial charge in [-0.1, -0.05) is 39.2 Å². The molecule has 70 valence electrons. The largest absolute Gasteiger partial charge is 0.295 e. The van der Waals surface area contributed by atoms with Gasteiger partial charge < -0.3 is 0 Å². The molecule has 1 heteroatoms. The highest BCUT2D eigenvalue weighted by molar-refractivity contribution is 5.87. The zero-order chi connectivity index (χ0) is 9.40. The van der Waals surface area contributed by atoms with Crippen LogP contribution in [0.2, 0.25) is 0 Å². The highest BCUT2D eigenvalue weighted by Crippen LogP contribution is 2.10. The van der Waals surface area contributed by atoms with Crippen LogP contribution in [0.3, 0.4) is 0 Å². The molecule has 0 aliphatic rings. The van der Waals surface area contributed by atoms with Gasteiger partial charge in [-0.3, -0.25) is 4.79 Å². The third-order valence-electron chi connectivity index (χ3n) is 1.92. The molecule has 1 nitrogen and oxygen atoms in total. The zero-order valence-electron chi connectivity index (χ0n) is 8.47. The van der Waals surface area contributed by atoms with Crippen LogP contribution in [-0.4, -0.2) is 5.78 Å². The smallest absolute Gasteiger partial charge is 0.152 e. The Bertz CT molecular complexity index is 147. The highest BCUT2D eigenvalue weighted by Gasteiger charge is 1.96. The van der Waals surface area contributed by atoms with Gasteiger partial charge in [-0.25, -0.2) is 0 Å². The van der Waals surface area contributed by atoms with Crippen molar-refractivity contribution in [3.8, 4) is 0 Å². The minimum Gasteiger partial charge on any atom is -0.295 e. The topological polar surface area (TPSA) is 17.1 Å². The van der Waals surface area contributed by atoms with Crippen molar-refractivity contribution in [2.24, 2.45) is 5.92 Å². The molecule has 1 unspecified atom stereocenters. The Hall–Kier alpha value is -0.590. The molecule has 0 fully saturated rings. The summed E-state index contributed by atoms with van der Waals surface area (Å²) in [6.45, 7) is 5.96. The SMILES string of the molecule is CCCCCC(C)/C=C/C(C)=O. The Morgan fingerprint density at radius 2 is 2.08 bits per heavy atom. The lowest BCUT2D eigenvalue weighted by molar-refractivity contribution is -0.112. The predicted octanol–water partition coefficient (Wildman–Crippen LogP) is 3.35. The maximum atomic E-state index is 10.6. The summed E-state index contributed by atoms with van der Waals surface area (Å²) >= 11 is 0. The molecule has 0 aliphatic carbocycles. The summed E-state index contributed by atoms with van der Waals surface area (Å²) in [5.41, 5.74) is 0. The van der Waals surface area contributed by atoms with Gasteiger partial charge in [0.25, 0.3) is 0 Å². The summed E-state index contributed by atoms with van der Waals surface area (Å²) in [7, 11) is 0. The second-order valence-electron chi connectivity index (χ2n) is 3.44. The van der Waals surface area contributed by atoms with Gasteiger partial charge in [0, 0.05) is 0 Å². The van der Waals surface area contributed by atoms with E-state index < -0.39 is 0 Å². The number of rotatable bonds is 6. The summed E-state index contributed by atoms with van der Waals surface area (Å²) in [5.74, 6) is 0.706. The molecule has 12 heavy (non-hydrogen) atoms. The van der Waals surface area contributed by atoms with Crippen LogP contribution in [0.25, 0.3) is 0 Å². The van der Waals surface area contributed by atoms with Crippen molar-refractivity contribution in [2.75, 3.05) is 0 Å². The van der Waals surface area contributed by atoms with E-state index in [1.54, 1.807) is 13.0 Å². The molecule has 0 amide bonds. The number of hydrogen-bond acceptors (Lipinski definition) is 1. The number of hydrogen-bond donors (Lipinski definition) is 0. The van der Waals surface area contributed by atoms with E-state index in [9.17, 15) is 4.79 Å². The summed E-state index contributed by atoms with van der Waals surface area (Å²) in [6.07, 6.45) is 8.74. The maximum Gasteiger partial charge on any atom is 0.152 e. The van der Waals surface area contributed by atoms with Gasteiger partial charge in [0.2, 0.25) is 0 Å². The molecule has 0 rings (SSSR count). The number of ketones is 1. The van der Waals surface area contributed by atoms with Gasteiger partial charge in [-0.2, -0.15) is 0 Å². The molecule has 0 radical (unpaired) electrons. The van der Waals surface area contributed by atoms with E-state index in [-0.39, 0.29) is 5.78 Å². The molecule has 1 atom stereocenters. The fourth-order valence-corrected chi connectivity index (χ4v) is 1.11. The summed E-state index contributed by atoms with van der Waals surface area (Å²) < 4.78 is 0. The average Bonchev–Trinajstić information content (AvgIpc) is 2.01. The van der Waals surface area contributed by atoms with Gasteiger partial charge in [-0.15, -0.1) is 0 Å². The monoisotopic (exact) mass is 168 g/mol. The van der Waals surface area contributed by atoms with E-state index in [2.05, 4.69) is 13.8 Å². The van der Waals surface area contributed by atoms with Gasteiger partial charge >= 0.3 is 0 Å². The van der Waals surface area contributed by atoms with Crippen LogP contribution < -0.4 is 0 Å². The van der Waals surface area contributed by atoms with E-state index >= 15 is 0 Å². The van der Waals surface area contributed by atoms with Crippen molar-refractivity contribution >= 4 is 5.78 Å². The van der Waals surface area contributed by atoms with Crippen LogP contribution in [0.5, 0.6) is 0 Å². The zero-order valence-corrected chi connectivity index (χ0v) is 8.47. The molecule has 0 aromatic heterocycles. The van der Waals surface area contributed by atoms with Gasteiger partial charge in [0.15, 0.2) is 5.78 Å². The third-order valence-corrected chi connectivity index (χ3v) is 1.92. The van der Waals surface area contributed by atoms with Crippen LogP contribution >= 0.6 is 0 Å². The molecule has 0 bridgehead atoms. The lowest BCUT2D eigenvalue weighted by atomic mass is 10.0. The average molecular weight is 168 g/mol. The first-order chi connectivity index (χ1) is 5.66. The first-order valence-corrected chi connectivity index (χ1v) is 4.85. The molecular formula is C11H20O. The molecule has 0 N–H and O–H groups in total. The van der Waals surface area contributed by atoms with E-state index in [4.69, 9.17) is 0 Å². The Kier molecular flexibility index (Phi) is 6.73. The van der Waals surface area contributed by atoms with Gasteiger partial charge in [-0.05, 0) is 25.3 Å². The summed E-state index contributed by atoms with van der Waals surface area (Å²) in [5, 5.41) is 0. The Morgan fingerprint density at radius 3 is 2.58 bits per heavy atom. The molecular weight excluding hydrogens is 148 g/mol. The van der Waals surface area contributed by atoms with Crippen LogP contribution in [-0.2, 0) is 4.79 Å². The number of unbranched alkanes of at least 4 members (excludes halogenated alkanes) is 2. The van der Waals surface area contributed by atoms with Crippen molar-refractivity contribution < 1.29 is 4.79 Å². The predicted molar refractivity (Wildman–Crippen MR) is 53.1 cm³/mol. The van der Waals surface area contributed by atoms with E-state index in [0.717, 1.165) is 0 Å². The second kappa shape index (κ2) is 7.08. The number of allylic oxidation sites excluding steroid dienone is 2. The van der Waals surface area contributed by atoms with Crippen LogP contribution in [0, 0.1) is 5.92 Å². The quantitative estimate of drug-likeness (QED) is 0.439. The summed E-state index contributed by atoms with van der Waals surface area (Å²) in [6, 6.07) is 0. The molecule has 0 heterocycles. The lowest BCUT2D eigenvalue weighted by Gasteiger charge is -2.03. The minimum atomic E-state index is 0.150. The van der Waals surface area contributed by atoms with Crippen molar-refractivity contribution in [1.29, 1.82) is 0 Å². The number of carbonyl (C=O) groups excluding carboxylic acids is 1. The summed E-state index contributed by atoms with van der Waals surface area (Å²) in [4.78, 5) is 10.6. The fraction of sp³-hybridized carbons (Fsp3) is 0.727. The molecule has 0 spiro atoms. The molecule has 0 aliphatic heterocycles.